The van der Waals surface area contributed by atoms with Crippen LogP contribution in [0.1, 0.15) is 34.8 Å². The smallest absolute Gasteiger partial charge is 0.254 e. The van der Waals surface area contributed by atoms with E-state index in [1.54, 1.807) is 23.1 Å². The molecule has 0 atom stereocenters. The van der Waals surface area contributed by atoms with Crippen LogP contribution in [0.15, 0.2) is 36.4 Å². The van der Waals surface area contributed by atoms with Gasteiger partial charge in [-0.1, -0.05) is 47.8 Å². The summed E-state index contributed by atoms with van der Waals surface area (Å²) in [5, 5.41) is 3.58. The predicted molar refractivity (Wildman–Crippen MR) is 107 cm³/mol. The zero-order chi connectivity index (χ0) is 19.3. The third-order valence-electron chi connectivity index (χ3n) is 3.94. The summed E-state index contributed by atoms with van der Waals surface area (Å²) in [5.41, 5.74) is 2.99. The number of carbonyl (C=O) groups excluding carboxylic acids is 2. The maximum Gasteiger partial charge on any atom is 0.254 e. The molecular formula is C20H22Cl2N2O2. The largest absolute Gasteiger partial charge is 0.329 e. The van der Waals surface area contributed by atoms with Crippen molar-refractivity contribution in [2.45, 2.75) is 27.2 Å². The average Bonchev–Trinajstić information content (AvgIpc) is 2.58. The molecule has 138 valence electrons. The van der Waals surface area contributed by atoms with E-state index in [4.69, 9.17) is 23.2 Å². The molecule has 2 amide bonds. The number of benzene rings is 2. The molecule has 0 aliphatic rings. The van der Waals surface area contributed by atoms with Crippen molar-refractivity contribution < 1.29 is 9.59 Å². The first-order valence-electron chi connectivity index (χ1n) is 8.43. The van der Waals surface area contributed by atoms with Crippen LogP contribution in [0.25, 0.3) is 0 Å². The first-order valence-corrected chi connectivity index (χ1v) is 9.18. The van der Waals surface area contributed by atoms with E-state index >= 15 is 0 Å². The molecule has 0 aliphatic heterocycles. The summed E-state index contributed by atoms with van der Waals surface area (Å²) in [6.45, 7) is 6.25. The molecule has 0 radical (unpaired) electrons. The number of nitrogens with one attached hydrogen (secondary N) is 1. The summed E-state index contributed by atoms with van der Waals surface area (Å²) in [4.78, 5) is 26.9. The second-order valence-electron chi connectivity index (χ2n) is 6.22. The second kappa shape index (κ2) is 9.06. The Morgan fingerprint density at radius 3 is 2.46 bits per heavy atom. The fraction of sp³-hybridized carbons (Fsp3) is 0.300. The van der Waals surface area contributed by atoms with Gasteiger partial charge in [0.1, 0.15) is 6.54 Å². The zero-order valence-electron chi connectivity index (χ0n) is 15.1. The van der Waals surface area contributed by atoms with E-state index in [0.717, 1.165) is 17.5 Å². The minimum Gasteiger partial charge on any atom is -0.329 e. The Bertz CT molecular complexity index is 821. The standard InChI is InChI=1S/C20H22Cl2N2O2/c1-4-9-24(20(26)16-10-13(2)5-6-14(16)3)12-19(25)23-18-8-7-15(21)11-17(18)22/h5-8,10-11H,4,9,12H2,1-3H3,(H,23,25). The topological polar surface area (TPSA) is 49.4 Å². The average molecular weight is 393 g/mol. The van der Waals surface area contributed by atoms with Crippen LogP contribution < -0.4 is 5.32 Å². The number of rotatable bonds is 6. The lowest BCUT2D eigenvalue weighted by atomic mass is 10.0. The molecule has 2 aromatic carbocycles. The Hall–Kier alpha value is -2.04. The van der Waals surface area contributed by atoms with Crippen LogP contribution in [0.2, 0.25) is 10.0 Å². The SMILES string of the molecule is CCCN(CC(=O)Nc1ccc(Cl)cc1Cl)C(=O)c1cc(C)ccc1C. The number of hydrogen-bond donors (Lipinski definition) is 1. The maximum atomic E-state index is 12.9. The summed E-state index contributed by atoms with van der Waals surface area (Å²) in [6.07, 6.45) is 0.756. The van der Waals surface area contributed by atoms with Crippen molar-refractivity contribution in [2.24, 2.45) is 0 Å². The number of hydrogen-bond acceptors (Lipinski definition) is 2. The van der Waals surface area contributed by atoms with E-state index in [9.17, 15) is 9.59 Å². The molecule has 26 heavy (non-hydrogen) atoms. The normalized spacial score (nSPS) is 10.5. The Labute approximate surface area is 164 Å². The van der Waals surface area contributed by atoms with Gasteiger partial charge >= 0.3 is 0 Å². The second-order valence-corrected chi connectivity index (χ2v) is 7.06. The Balaban J connectivity index is 2.15. The van der Waals surface area contributed by atoms with Gasteiger partial charge in [-0.05, 0) is 50.1 Å². The first kappa shape index (κ1) is 20.3. The molecule has 0 aromatic heterocycles. The highest BCUT2D eigenvalue weighted by atomic mass is 35.5. The Kier molecular flexibility index (Phi) is 7.06. The molecule has 0 bridgehead atoms. The lowest BCUT2D eigenvalue weighted by Crippen LogP contribution is -2.38. The van der Waals surface area contributed by atoms with E-state index in [1.807, 2.05) is 39.0 Å². The van der Waals surface area contributed by atoms with Crippen LogP contribution in [-0.2, 0) is 4.79 Å². The highest BCUT2D eigenvalue weighted by Crippen LogP contribution is 2.25. The van der Waals surface area contributed by atoms with E-state index in [2.05, 4.69) is 5.32 Å². The molecule has 0 heterocycles. The van der Waals surface area contributed by atoms with Crippen LogP contribution in [0.4, 0.5) is 5.69 Å². The predicted octanol–water partition coefficient (Wildman–Crippen LogP) is 5.10. The van der Waals surface area contributed by atoms with Gasteiger partial charge in [-0.25, -0.2) is 0 Å². The molecule has 0 spiro atoms. The fourth-order valence-corrected chi connectivity index (χ4v) is 3.07. The van der Waals surface area contributed by atoms with Gasteiger partial charge in [-0.15, -0.1) is 0 Å². The number of halogens is 2. The molecule has 0 fully saturated rings. The third kappa shape index (κ3) is 5.23. The highest BCUT2D eigenvalue weighted by molar-refractivity contribution is 6.36. The number of aryl methyl sites for hydroxylation is 2. The minimum atomic E-state index is -0.304. The summed E-state index contributed by atoms with van der Waals surface area (Å²) in [6, 6.07) is 10.6. The van der Waals surface area contributed by atoms with E-state index < -0.39 is 0 Å². The van der Waals surface area contributed by atoms with Crippen molar-refractivity contribution in [3.63, 3.8) is 0 Å². The molecule has 2 rings (SSSR count). The van der Waals surface area contributed by atoms with Crippen molar-refractivity contribution in [1.29, 1.82) is 0 Å². The van der Waals surface area contributed by atoms with Crippen molar-refractivity contribution in [2.75, 3.05) is 18.4 Å². The van der Waals surface area contributed by atoms with Gasteiger partial charge in [0.15, 0.2) is 0 Å². The maximum absolute atomic E-state index is 12.9. The van der Waals surface area contributed by atoms with Crippen LogP contribution in [0, 0.1) is 13.8 Å². The first-order chi connectivity index (χ1) is 12.3. The third-order valence-corrected chi connectivity index (χ3v) is 4.49. The van der Waals surface area contributed by atoms with Gasteiger partial charge in [0, 0.05) is 17.1 Å². The van der Waals surface area contributed by atoms with Crippen molar-refractivity contribution in [1.82, 2.24) is 4.90 Å². The Morgan fingerprint density at radius 2 is 1.81 bits per heavy atom. The summed E-state index contributed by atoms with van der Waals surface area (Å²) in [7, 11) is 0. The van der Waals surface area contributed by atoms with Crippen LogP contribution in [-0.4, -0.2) is 29.8 Å². The van der Waals surface area contributed by atoms with Gasteiger partial charge in [-0.3, -0.25) is 9.59 Å². The van der Waals surface area contributed by atoms with E-state index in [1.165, 1.54) is 0 Å². The van der Waals surface area contributed by atoms with Gasteiger partial charge < -0.3 is 10.2 Å². The number of carbonyl (C=O) groups is 2. The van der Waals surface area contributed by atoms with Crippen molar-refractivity contribution in [3.8, 4) is 0 Å². The highest BCUT2D eigenvalue weighted by Gasteiger charge is 2.20. The number of anilines is 1. The molecule has 0 saturated carbocycles. The Morgan fingerprint density at radius 1 is 1.08 bits per heavy atom. The van der Waals surface area contributed by atoms with E-state index in [-0.39, 0.29) is 18.4 Å². The molecular weight excluding hydrogens is 371 g/mol. The van der Waals surface area contributed by atoms with Gasteiger partial charge in [0.05, 0.1) is 10.7 Å². The number of amides is 2. The summed E-state index contributed by atoms with van der Waals surface area (Å²) < 4.78 is 0. The van der Waals surface area contributed by atoms with Crippen LogP contribution in [0.5, 0.6) is 0 Å². The molecule has 0 saturated heterocycles. The zero-order valence-corrected chi connectivity index (χ0v) is 16.6. The van der Waals surface area contributed by atoms with Crippen molar-refractivity contribution >= 4 is 40.7 Å². The number of nitrogens with zero attached hydrogens (tertiary/aromatic N) is 1. The lowest BCUT2D eigenvalue weighted by molar-refractivity contribution is -0.116. The minimum absolute atomic E-state index is 0.0426. The molecule has 6 heteroatoms. The van der Waals surface area contributed by atoms with Crippen molar-refractivity contribution in [3.05, 3.63) is 63.1 Å². The van der Waals surface area contributed by atoms with Crippen LogP contribution >= 0.6 is 23.2 Å². The summed E-state index contributed by atoms with van der Waals surface area (Å²) >= 11 is 12.0. The molecule has 2 aromatic rings. The van der Waals surface area contributed by atoms with Gasteiger partial charge in [0.2, 0.25) is 5.91 Å². The van der Waals surface area contributed by atoms with Gasteiger partial charge in [0.25, 0.3) is 5.91 Å². The molecule has 4 nitrogen and oxygen atoms in total. The molecule has 1 N–H and O–H groups in total. The lowest BCUT2D eigenvalue weighted by Gasteiger charge is -2.23. The molecule has 0 aliphatic carbocycles. The molecule has 0 unspecified atom stereocenters. The fourth-order valence-electron chi connectivity index (χ4n) is 2.61. The van der Waals surface area contributed by atoms with Gasteiger partial charge in [-0.2, -0.15) is 0 Å². The monoisotopic (exact) mass is 392 g/mol. The summed E-state index contributed by atoms with van der Waals surface area (Å²) in [5.74, 6) is -0.452. The van der Waals surface area contributed by atoms with E-state index in [0.29, 0.717) is 27.8 Å². The quantitative estimate of drug-likeness (QED) is 0.742. The van der Waals surface area contributed by atoms with Crippen LogP contribution in [0.3, 0.4) is 0 Å².